The Morgan fingerprint density at radius 3 is 2.73 bits per heavy atom. The second-order valence-electron chi connectivity index (χ2n) is 7.13. The van der Waals surface area contributed by atoms with Crippen LogP contribution in [-0.4, -0.2) is 23.0 Å². The maximum atomic E-state index is 5.96. The summed E-state index contributed by atoms with van der Waals surface area (Å²) in [5.74, 6) is 1.81. The third-order valence-corrected chi connectivity index (χ3v) is 5.57. The molecule has 1 aliphatic heterocycles. The number of aryl methyl sites for hydroxylation is 1. The lowest BCUT2D eigenvalue weighted by Crippen LogP contribution is -2.31. The van der Waals surface area contributed by atoms with Crippen molar-refractivity contribution in [3.8, 4) is 11.5 Å². The van der Waals surface area contributed by atoms with Crippen LogP contribution >= 0.6 is 0 Å². The zero-order valence-corrected chi connectivity index (χ0v) is 15.2. The maximum absolute atomic E-state index is 5.96. The van der Waals surface area contributed by atoms with Gasteiger partial charge in [-0.05, 0) is 60.0 Å². The summed E-state index contributed by atoms with van der Waals surface area (Å²) >= 11 is 0. The Morgan fingerprint density at radius 1 is 1.04 bits per heavy atom. The van der Waals surface area contributed by atoms with Gasteiger partial charge >= 0.3 is 0 Å². The third-order valence-electron chi connectivity index (χ3n) is 5.57. The van der Waals surface area contributed by atoms with Crippen LogP contribution in [0.15, 0.2) is 52.9 Å². The van der Waals surface area contributed by atoms with E-state index in [2.05, 4.69) is 54.3 Å². The fourth-order valence-electron chi connectivity index (χ4n) is 4.21. The van der Waals surface area contributed by atoms with Crippen molar-refractivity contribution in [1.29, 1.82) is 0 Å². The average Bonchev–Trinajstić information content (AvgIpc) is 3.12. The standard InChI is InChI=1S/C23H22N2O/c1-3-25-13-12-18-19(14-25)23(21-11-8-15(2)26-21)24-20-10-9-16-6-4-5-7-17(16)22(18)20/h4-11H,3,12-14H2,1-2H3. The highest BCUT2D eigenvalue weighted by molar-refractivity contribution is 6.09. The summed E-state index contributed by atoms with van der Waals surface area (Å²) in [6.45, 7) is 7.31. The number of likely N-dealkylation sites (N-methyl/N-ethyl adjacent to an activating group) is 1. The van der Waals surface area contributed by atoms with E-state index in [9.17, 15) is 0 Å². The summed E-state index contributed by atoms with van der Waals surface area (Å²) in [5.41, 5.74) is 4.85. The topological polar surface area (TPSA) is 29.3 Å². The molecular formula is C23H22N2O. The van der Waals surface area contributed by atoms with Crippen LogP contribution in [0.25, 0.3) is 33.1 Å². The van der Waals surface area contributed by atoms with Gasteiger partial charge in [0.25, 0.3) is 0 Å². The Kier molecular flexibility index (Phi) is 3.57. The lowest BCUT2D eigenvalue weighted by atomic mass is 9.90. The van der Waals surface area contributed by atoms with E-state index < -0.39 is 0 Å². The van der Waals surface area contributed by atoms with Gasteiger partial charge in [-0.25, -0.2) is 4.98 Å². The summed E-state index contributed by atoms with van der Waals surface area (Å²) in [4.78, 5) is 7.56. The minimum Gasteiger partial charge on any atom is -0.460 e. The molecule has 0 amide bonds. The number of nitrogens with zero attached hydrogens (tertiary/aromatic N) is 2. The number of aromatic nitrogens is 1. The van der Waals surface area contributed by atoms with Crippen molar-refractivity contribution in [3.05, 3.63) is 65.4 Å². The van der Waals surface area contributed by atoms with Gasteiger partial charge in [0.2, 0.25) is 0 Å². The molecule has 130 valence electrons. The normalized spacial score (nSPS) is 14.8. The first-order valence-corrected chi connectivity index (χ1v) is 9.37. The molecule has 0 saturated heterocycles. The number of hydrogen-bond acceptors (Lipinski definition) is 3. The number of pyridine rings is 1. The summed E-state index contributed by atoms with van der Waals surface area (Å²) < 4.78 is 5.96. The predicted octanol–water partition coefficient (Wildman–Crippen LogP) is 5.33. The molecule has 3 heteroatoms. The van der Waals surface area contributed by atoms with E-state index >= 15 is 0 Å². The van der Waals surface area contributed by atoms with Gasteiger partial charge in [-0.3, -0.25) is 4.90 Å². The molecule has 2 aromatic heterocycles. The molecule has 0 N–H and O–H groups in total. The summed E-state index contributed by atoms with van der Waals surface area (Å²) in [6.07, 6.45) is 1.06. The van der Waals surface area contributed by atoms with Crippen LogP contribution in [0.1, 0.15) is 23.8 Å². The van der Waals surface area contributed by atoms with Gasteiger partial charge in [-0.2, -0.15) is 0 Å². The lowest BCUT2D eigenvalue weighted by molar-refractivity contribution is 0.269. The molecule has 1 aliphatic rings. The van der Waals surface area contributed by atoms with Crippen LogP contribution in [0.5, 0.6) is 0 Å². The van der Waals surface area contributed by atoms with Crippen LogP contribution in [0, 0.1) is 6.92 Å². The monoisotopic (exact) mass is 342 g/mol. The molecule has 26 heavy (non-hydrogen) atoms. The van der Waals surface area contributed by atoms with Crippen molar-refractivity contribution < 1.29 is 4.42 Å². The molecule has 0 spiro atoms. The van der Waals surface area contributed by atoms with Gasteiger partial charge < -0.3 is 4.42 Å². The van der Waals surface area contributed by atoms with E-state index in [1.807, 2.05) is 13.0 Å². The van der Waals surface area contributed by atoms with E-state index in [-0.39, 0.29) is 0 Å². The third kappa shape index (κ3) is 2.35. The highest BCUT2D eigenvalue weighted by Gasteiger charge is 2.24. The van der Waals surface area contributed by atoms with Crippen molar-refractivity contribution in [2.75, 3.05) is 13.1 Å². The van der Waals surface area contributed by atoms with Gasteiger partial charge in [0.1, 0.15) is 11.5 Å². The summed E-state index contributed by atoms with van der Waals surface area (Å²) in [7, 11) is 0. The van der Waals surface area contributed by atoms with Gasteiger partial charge in [-0.15, -0.1) is 0 Å². The van der Waals surface area contributed by atoms with Gasteiger partial charge in [-0.1, -0.05) is 37.3 Å². The molecule has 0 fully saturated rings. The van der Waals surface area contributed by atoms with Crippen LogP contribution < -0.4 is 0 Å². The van der Waals surface area contributed by atoms with Gasteiger partial charge in [0, 0.05) is 18.5 Å². The van der Waals surface area contributed by atoms with Crippen molar-refractivity contribution >= 4 is 21.7 Å². The zero-order valence-electron chi connectivity index (χ0n) is 15.2. The molecule has 0 saturated carbocycles. The summed E-state index contributed by atoms with van der Waals surface area (Å²) in [6, 6.07) is 17.0. The second kappa shape index (κ2) is 5.96. The number of rotatable bonds is 2. The average molecular weight is 342 g/mol. The fraction of sp³-hybridized carbons (Fsp3) is 0.261. The fourth-order valence-corrected chi connectivity index (χ4v) is 4.21. The molecule has 3 nitrogen and oxygen atoms in total. The highest BCUT2D eigenvalue weighted by atomic mass is 16.3. The molecule has 0 bridgehead atoms. The second-order valence-corrected chi connectivity index (χ2v) is 7.13. The number of benzene rings is 2. The van der Waals surface area contributed by atoms with Crippen molar-refractivity contribution in [1.82, 2.24) is 9.88 Å². The Hall–Kier alpha value is -2.65. The molecule has 0 atom stereocenters. The van der Waals surface area contributed by atoms with Crippen LogP contribution in [0.2, 0.25) is 0 Å². The first-order chi connectivity index (χ1) is 12.7. The molecule has 0 radical (unpaired) electrons. The number of furan rings is 1. The van der Waals surface area contributed by atoms with Crippen molar-refractivity contribution in [3.63, 3.8) is 0 Å². The summed E-state index contributed by atoms with van der Waals surface area (Å²) in [5, 5.41) is 3.91. The van der Waals surface area contributed by atoms with E-state index in [4.69, 9.17) is 9.40 Å². The zero-order chi connectivity index (χ0) is 17.7. The van der Waals surface area contributed by atoms with E-state index in [0.29, 0.717) is 0 Å². The molecule has 4 aromatic rings. The first-order valence-electron chi connectivity index (χ1n) is 9.37. The van der Waals surface area contributed by atoms with E-state index in [1.54, 1.807) is 0 Å². The molecule has 3 heterocycles. The van der Waals surface area contributed by atoms with Crippen LogP contribution in [0.3, 0.4) is 0 Å². The van der Waals surface area contributed by atoms with Gasteiger partial charge in [0.15, 0.2) is 5.76 Å². The number of fused-ring (bicyclic) bond motifs is 5. The molecule has 5 rings (SSSR count). The quantitative estimate of drug-likeness (QED) is 0.461. The number of hydrogen-bond donors (Lipinski definition) is 0. The minimum absolute atomic E-state index is 0.881. The molecular weight excluding hydrogens is 320 g/mol. The van der Waals surface area contributed by atoms with Crippen LogP contribution in [-0.2, 0) is 13.0 Å². The first kappa shape index (κ1) is 15.6. The highest BCUT2D eigenvalue weighted by Crippen LogP contribution is 2.37. The smallest absolute Gasteiger partial charge is 0.152 e. The molecule has 0 aliphatic carbocycles. The van der Waals surface area contributed by atoms with Crippen LogP contribution in [0.4, 0.5) is 0 Å². The molecule has 2 aromatic carbocycles. The Bertz CT molecular complexity index is 1130. The minimum atomic E-state index is 0.881. The predicted molar refractivity (Wildman–Crippen MR) is 106 cm³/mol. The Labute approximate surface area is 153 Å². The van der Waals surface area contributed by atoms with Gasteiger partial charge in [0.05, 0.1) is 5.52 Å². The lowest BCUT2D eigenvalue weighted by Gasteiger charge is -2.30. The Balaban J connectivity index is 1.87. The maximum Gasteiger partial charge on any atom is 0.152 e. The molecule has 0 unspecified atom stereocenters. The largest absolute Gasteiger partial charge is 0.460 e. The SMILES string of the molecule is CCN1CCc2c(c(-c3ccc(C)o3)nc3ccc4ccccc4c23)C1. The van der Waals surface area contributed by atoms with Crippen molar-refractivity contribution in [2.24, 2.45) is 0 Å². The van der Waals surface area contributed by atoms with Crippen molar-refractivity contribution in [2.45, 2.75) is 26.8 Å². The van der Waals surface area contributed by atoms with E-state index in [0.717, 1.165) is 48.8 Å². The van der Waals surface area contributed by atoms with E-state index in [1.165, 1.54) is 27.3 Å². The Morgan fingerprint density at radius 2 is 1.92 bits per heavy atom.